The Kier molecular flexibility index (Phi) is 2.71. The SMILES string of the molecule is Oc1cccc(-c2ccc(Cl)cc2F)c1O. The second-order valence-electron chi connectivity index (χ2n) is 3.30. The molecule has 0 heterocycles. The van der Waals surface area contributed by atoms with Crippen molar-refractivity contribution in [3.63, 3.8) is 0 Å². The molecule has 0 saturated carbocycles. The molecule has 0 aliphatic carbocycles. The molecular weight excluding hydrogens is 231 g/mol. The maximum atomic E-state index is 13.6. The second kappa shape index (κ2) is 4.02. The zero-order valence-electron chi connectivity index (χ0n) is 8.11. The highest BCUT2D eigenvalue weighted by molar-refractivity contribution is 6.30. The maximum Gasteiger partial charge on any atom is 0.165 e. The van der Waals surface area contributed by atoms with E-state index in [2.05, 4.69) is 0 Å². The fourth-order valence-corrected chi connectivity index (χ4v) is 1.62. The minimum atomic E-state index is -0.548. The van der Waals surface area contributed by atoms with E-state index in [0.29, 0.717) is 0 Å². The van der Waals surface area contributed by atoms with Gasteiger partial charge in [-0.3, -0.25) is 0 Å². The van der Waals surface area contributed by atoms with Gasteiger partial charge in [-0.1, -0.05) is 23.7 Å². The van der Waals surface area contributed by atoms with E-state index in [1.54, 1.807) is 0 Å². The smallest absolute Gasteiger partial charge is 0.165 e. The average molecular weight is 239 g/mol. The van der Waals surface area contributed by atoms with Crippen LogP contribution in [-0.2, 0) is 0 Å². The summed E-state index contributed by atoms with van der Waals surface area (Å²) in [5.74, 6) is -1.18. The highest BCUT2D eigenvalue weighted by Crippen LogP contribution is 2.37. The monoisotopic (exact) mass is 238 g/mol. The lowest BCUT2D eigenvalue weighted by Gasteiger charge is -2.07. The number of rotatable bonds is 1. The van der Waals surface area contributed by atoms with Gasteiger partial charge in [0.25, 0.3) is 0 Å². The highest BCUT2D eigenvalue weighted by Gasteiger charge is 2.12. The summed E-state index contributed by atoms with van der Waals surface area (Å²) in [5.41, 5.74) is 0.423. The topological polar surface area (TPSA) is 40.5 Å². The van der Waals surface area contributed by atoms with Crippen LogP contribution < -0.4 is 0 Å². The van der Waals surface area contributed by atoms with Gasteiger partial charge >= 0.3 is 0 Å². The lowest BCUT2D eigenvalue weighted by atomic mass is 10.0. The molecule has 0 bridgehead atoms. The number of para-hydroxylation sites is 1. The predicted molar refractivity (Wildman–Crippen MR) is 60.2 cm³/mol. The van der Waals surface area contributed by atoms with E-state index in [0.717, 1.165) is 6.07 Å². The molecule has 0 aliphatic heterocycles. The first-order valence-electron chi connectivity index (χ1n) is 4.56. The molecule has 4 heteroatoms. The van der Waals surface area contributed by atoms with Gasteiger partial charge in [0.15, 0.2) is 11.5 Å². The van der Waals surface area contributed by atoms with Gasteiger partial charge in [-0.2, -0.15) is 0 Å². The molecule has 82 valence electrons. The summed E-state index contributed by atoms with van der Waals surface area (Å²) >= 11 is 5.62. The first-order chi connectivity index (χ1) is 7.59. The molecule has 0 fully saturated rings. The number of hydrogen-bond donors (Lipinski definition) is 2. The molecule has 0 aliphatic rings. The number of phenolic OH excluding ortho intramolecular Hbond substituents is 2. The van der Waals surface area contributed by atoms with Crippen molar-refractivity contribution in [1.82, 2.24) is 0 Å². The zero-order chi connectivity index (χ0) is 11.7. The molecule has 0 aromatic heterocycles. The van der Waals surface area contributed by atoms with Crippen LogP contribution in [0.4, 0.5) is 4.39 Å². The molecule has 2 N–H and O–H groups in total. The Morgan fingerprint density at radius 1 is 1.00 bits per heavy atom. The third-order valence-electron chi connectivity index (χ3n) is 2.24. The van der Waals surface area contributed by atoms with Crippen molar-refractivity contribution in [2.75, 3.05) is 0 Å². The van der Waals surface area contributed by atoms with Crippen molar-refractivity contribution in [3.05, 3.63) is 47.2 Å². The largest absolute Gasteiger partial charge is 0.504 e. The Morgan fingerprint density at radius 2 is 1.75 bits per heavy atom. The molecule has 2 nitrogen and oxygen atoms in total. The molecule has 16 heavy (non-hydrogen) atoms. The van der Waals surface area contributed by atoms with Crippen molar-refractivity contribution in [2.24, 2.45) is 0 Å². The number of phenols is 2. The van der Waals surface area contributed by atoms with Gasteiger partial charge in [-0.05, 0) is 24.3 Å². The Balaban J connectivity index is 2.63. The number of halogens is 2. The van der Waals surface area contributed by atoms with Crippen LogP contribution in [0, 0.1) is 5.82 Å². The van der Waals surface area contributed by atoms with Crippen LogP contribution >= 0.6 is 11.6 Å². The molecule has 2 rings (SSSR count). The zero-order valence-corrected chi connectivity index (χ0v) is 8.87. The third kappa shape index (κ3) is 1.82. The van der Waals surface area contributed by atoms with Gasteiger partial charge in [-0.25, -0.2) is 4.39 Å². The van der Waals surface area contributed by atoms with Crippen LogP contribution in [0.2, 0.25) is 5.02 Å². The van der Waals surface area contributed by atoms with Crippen LogP contribution in [-0.4, -0.2) is 10.2 Å². The third-order valence-corrected chi connectivity index (χ3v) is 2.47. The average Bonchev–Trinajstić information content (AvgIpc) is 2.23. The summed E-state index contributed by atoms with van der Waals surface area (Å²) in [7, 11) is 0. The quantitative estimate of drug-likeness (QED) is 0.746. The van der Waals surface area contributed by atoms with Crippen LogP contribution in [0.1, 0.15) is 0 Å². The van der Waals surface area contributed by atoms with Crippen molar-refractivity contribution in [2.45, 2.75) is 0 Å². The molecule has 0 atom stereocenters. The Labute approximate surface area is 96.5 Å². The van der Waals surface area contributed by atoms with Crippen LogP contribution in [0.25, 0.3) is 11.1 Å². The minimum Gasteiger partial charge on any atom is -0.504 e. The Bertz CT molecular complexity index is 541. The molecular formula is C12H8ClFO2. The van der Waals surface area contributed by atoms with Crippen molar-refractivity contribution < 1.29 is 14.6 Å². The summed E-state index contributed by atoms with van der Waals surface area (Å²) < 4.78 is 13.6. The summed E-state index contributed by atoms with van der Waals surface area (Å²) in [6, 6.07) is 8.49. The van der Waals surface area contributed by atoms with E-state index in [9.17, 15) is 14.6 Å². The minimum absolute atomic E-state index is 0.192. The number of hydrogen-bond acceptors (Lipinski definition) is 2. The predicted octanol–water partition coefficient (Wildman–Crippen LogP) is 3.56. The van der Waals surface area contributed by atoms with Crippen molar-refractivity contribution in [3.8, 4) is 22.6 Å². The lowest BCUT2D eigenvalue weighted by molar-refractivity contribution is 0.405. The molecule has 0 radical (unpaired) electrons. The number of aromatic hydroxyl groups is 2. The van der Waals surface area contributed by atoms with Crippen molar-refractivity contribution >= 4 is 11.6 Å². The molecule has 2 aromatic carbocycles. The number of benzene rings is 2. The van der Waals surface area contributed by atoms with E-state index in [-0.39, 0.29) is 27.6 Å². The maximum absolute atomic E-state index is 13.6. The van der Waals surface area contributed by atoms with E-state index in [1.165, 1.54) is 30.3 Å². The fraction of sp³-hybridized carbons (Fsp3) is 0. The van der Waals surface area contributed by atoms with Gasteiger partial charge in [0.1, 0.15) is 5.82 Å². The summed E-state index contributed by atoms with van der Waals surface area (Å²) in [5, 5.41) is 19.2. The second-order valence-corrected chi connectivity index (χ2v) is 3.73. The van der Waals surface area contributed by atoms with Crippen LogP contribution in [0.5, 0.6) is 11.5 Å². The molecule has 0 unspecified atom stereocenters. The molecule has 0 saturated heterocycles. The van der Waals surface area contributed by atoms with E-state index in [4.69, 9.17) is 11.6 Å². The van der Waals surface area contributed by atoms with Gasteiger partial charge in [0.2, 0.25) is 0 Å². The molecule has 0 amide bonds. The van der Waals surface area contributed by atoms with Gasteiger partial charge < -0.3 is 10.2 Å². The molecule has 0 spiro atoms. The van der Waals surface area contributed by atoms with E-state index >= 15 is 0 Å². The lowest BCUT2D eigenvalue weighted by Crippen LogP contribution is -1.85. The first-order valence-corrected chi connectivity index (χ1v) is 4.94. The van der Waals surface area contributed by atoms with Crippen molar-refractivity contribution in [1.29, 1.82) is 0 Å². The van der Waals surface area contributed by atoms with E-state index < -0.39 is 5.82 Å². The Morgan fingerprint density at radius 3 is 2.44 bits per heavy atom. The standard InChI is InChI=1S/C12H8ClFO2/c13-7-4-5-8(10(14)6-7)9-2-1-3-11(15)12(9)16/h1-6,15-16H. The van der Waals surface area contributed by atoms with Gasteiger partial charge in [0, 0.05) is 16.1 Å². The highest BCUT2D eigenvalue weighted by atomic mass is 35.5. The van der Waals surface area contributed by atoms with Gasteiger partial charge in [-0.15, -0.1) is 0 Å². The molecule has 2 aromatic rings. The summed E-state index contributed by atoms with van der Waals surface area (Å²) in [6.45, 7) is 0. The van der Waals surface area contributed by atoms with Crippen LogP contribution in [0.15, 0.2) is 36.4 Å². The Hall–Kier alpha value is -1.74. The van der Waals surface area contributed by atoms with E-state index in [1.807, 2.05) is 0 Å². The summed E-state index contributed by atoms with van der Waals surface area (Å²) in [6.07, 6.45) is 0. The van der Waals surface area contributed by atoms with Crippen LogP contribution in [0.3, 0.4) is 0 Å². The normalized spacial score (nSPS) is 10.4. The summed E-state index contributed by atoms with van der Waals surface area (Å²) in [4.78, 5) is 0. The van der Waals surface area contributed by atoms with Gasteiger partial charge in [0.05, 0.1) is 0 Å². The first kappa shape index (κ1) is 10.8. The fourth-order valence-electron chi connectivity index (χ4n) is 1.46.